The van der Waals surface area contributed by atoms with E-state index in [2.05, 4.69) is 64.3 Å². The van der Waals surface area contributed by atoms with Gasteiger partial charge in [-0.3, -0.25) is 0 Å². The highest BCUT2D eigenvalue weighted by molar-refractivity contribution is 14.1. The second kappa shape index (κ2) is 5.85. The van der Waals surface area contributed by atoms with Crippen LogP contribution in [0.25, 0.3) is 0 Å². The first-order valence-corrected chi connectivity index (χ1v) is 6.85. The van der Waals surface area contributed by atoms with Crippen LogP contribution in [0.2, 0.25) is 5.02 Å². The van der Waals surface area contributed by atoms with E-state index in [-0.39, 0.29) is 6.04 Å². The molecular formula is C14H13ClIN. The van der Waals surface area contributed by atoms with Gasteiger partial charge in [0, 0.05) is 8.59 Å². The van der Waals surface area contributed by atoms with E-state index in [1.54, 1.807) is 0 Å². The van der Waals surface area contributed by atoms with Crippen LogP contribution in [0.5, 0.6) is 0 Å². The third kappa shape index (κ3) is 3.00. The summed E-state index contributed by atoms with van der Waals surface area (Å²) >= 11 is 8.28. The number of benzene rings is 2. The molecule has 0 amide bonds. The summed E-state index contributed by atoms with van der Waals surface area (Å²) in [6, 6.07) is 16.6. The van der Waals surface area contributed by atoms with Crippen LogP contribution in [-0.4, -0.2) is 7.05 Å². The first-order chi connectivity index (χ1) is 8.22. The molecule has 0 aromatic heterocycles. The van der Waals surface area contributed by atoms with Crippen LogP contribution in [0, 0.1) is 3.57 Å². The van der Waals surface area contributed by atoms with E-state index in [0.717, 1.165) is 5.02 Å². The van der Waals surface area contributed by atoms with Gasteiger partial charge in [-0.15, -0.1) is 0 Å². The van der Waals surface area contributed by atoms with Gasteiger partial charge in [-0.05, 0) is 59.0 Å². The van der Waals surface area contributed by atoms with Crippen molar-refractivity contribution >= 4 is 34.2 Å². The molecule has 3 heteroatoms. The lowest BCUT2D eigenvalue weighted by atomic mass is 9.99. The van der Waals surface area contributed by atoms with Gasteiger partial charge in [-0.2, -0.15) is 0 Å². The van der Waals surface area contributed by atoms with Crippen LogP contribution in [0.15, 0.2) is 48.5 Å². The van der Waals surface area contributed by atoms with Crippen molar-refractivity contribution in [3.05, 3.63) is 68.3 Å². The van der Waals surface area contributed by atoms with Crippen molar-refractivity contribution in [2.45, 2.75) is 6.04 Å². The van der Waals surface area contributed by atoms with Gasteiger partial charge in [0.05, 0.1) is 6.04 Å². The zero-order valence-corrected chi connectivity index (χ0v) is 12.4. The predicted octanol–water partition coefficient (Wildman–Crippen LogP) is 4.25. The number of nitrogens with one attached hydrogen (secondary N) is 1. The van der Waals surface area contributed by atoms with Crippen LogP contribution in [-0.2, 0) is 0 Å². The fourth-order valence-electron chi connectivity index (χ4n) is 1.87. The highest BCUT2D eigenvalue weighted by Crippen LogP contribution is 2.26. The van der Waals surface area contributed by atoms with Crippen molar-refractivity contribution in [2.75, 3.05) is 7.05 Å². The minimum Gasteiger partial charge on any atom is -0.309 e. The highest BCUT2D eigenvalue weighted by atomic mass is 127. The maximum atomic E-state index is 5.91. The number of hydrogen-bond acceptors (Lipinski definition) is 1. The maximum absolute atomic E-state index is 5.91. The fraction of sp³-hybridized carbons (Fsp3) is 0.143. The average Bonchev–Trinajstić information content (AvgIpc) is 2.35. The Labute approximate surface area is 120 Å². The summed E-state index contributed by atoms with van der Waals surface area (Å²) in [4.78, 5) is 0. The monoisotopic (exact) mass is 357 g/mol. The van der Waals surface area contributed by atoms with Gasteiger partial charge in [0.15, 0.2) is 0 Å². The lowest BCUT2D eigenvalue weighted by molar-refractivity contribution is 0.688. The summed E-state index contributed by atoms with van der Waals surface area (Å²) in [5.74, 6) is 0. The van der Waals surface area contributed by atoms with Crippen molar-refractivity contribution in [3.63, 3.8) is 0 Å². The molecule has 1 atom stereocenters. The Morgan fingerprint density at radius 1 is 1.06 bits per heavy atom. The molecule has 0 bridgehead atoms. The summed E-state index contributed by atoms with van der Waals surface area (Å²) in [7, 11) is 1.97. The van der Waals surface area contributed by atoms with Gasteiger partial charge >= 0.3 is 0 Å². The summed E-state index contributed by atoms with van der Waals surface area (Å²) in [6.45, 7) is 0. The Morgan fingerprint density at radius 2 is 1.71 bits per heavy atom. The molecule has 88 valence electrons. The minimum atomic E-state index is 0.209. The summed E-state index contributed by atoms with van der Waals surface area (Å²) in [5, 5.41) is 4.12. The van der Waals surface area contributed by atoms with Crippen LogP contribution in [0.4, 0.5) is 0 Å². The molecule has 0 spiro atoms. The third-order valence-electron chi connectivity index (χ3n) is 2.71. The molecule has 0 saturated heterocycles. The number of rotatable bonds is 3. The molecule has 1 N–H and O–H groups in total. The Hall–Kier alpha value is -0.580. The molecule has 17 heavy (non-hydrogen) atoms. The van der Waals surface area contributed by atoms with Crippen molar-refractivity contribution in [1.29, 1.82) is 0 Å². The molecule has 0 radical (unpaired) electrons. The van der Waals surface area contributed by atoms with Gasteiger partial charge < -0.3 is 5.32 Å². The maximum Gasteiger partial charge on any atom is 0.0584 e. The molecule has 0 fully saturated rings. The van der Waals surface area contributed by atoms with E-state index in [0.29, 0.717) is 0 Å². The second-order valence-electron chi connectivity index (χ2n) is 3.79. The van der Waals surface area contributed by atoms with Crippen LogP contribution >= 0.6 is 34.2 Å². The Kier molecular flexibility index (Phi) is 4.42. The topological polar surface area (TPSA) is 12.0 Å². The fourth-order valence-corrected chi connectivity index (χ4v) is 2.69. The van der Waals surface area contributed by atoms with E-state index in [4.69, 9.17) is 11.6 Å². The molecule has 0 saturated carbocycles. The number of halogens is 2. The Balaban J connectivity index is 2.40. The smallest absolute Gasteiger partial charge is 0.0584 e. The first kappa shape index (κ1) is 12.9. The lowest BCUT2D eigenvalue weighted by Crippen LogP contribution is -2.18. The molecule has 0 heterocycles. The SMILES string of the molecule is CNC(c1ccc(Cl)cc1)c1ccccc1I. The van der Waals surface area contributed by atoms with Crippen molar-refractivity contribution < 1.29 is 0 Å². The summed E-state index contributed by atoms with van der Waals surface area (Å²) in [6.07, 6.45) is 0. The van der Waals surface area contributed by atoms with Crippen molar-refractivity contribution in [3.8, 4) is 0 Å². The van der Waals surface area contributed by atoms with Crippen LogP contribution in [0.1, 0.15) is 17.2 Å². The Bertz CT molecular complexity index is 496. The largest absolute Gasteiger partial charge is 0.309 e. The quantitative estimate of drug-likeness (QED) is 0.810. The molecule has 0 aliphatic heterocycles. The Morgan fingerprint density at radius 3 is 2.29 bits per heavy atom. The van der Waals surface area contributed by atoms with Gasteiger partial charge in [0.25, 0.3) is 0 Å². The van der Waals surface area contributed by atoms with Crippen molar-refractivity contribution in [1.82, 2.24) is 5.32 Å². The van der Waals surface area contributed by atoms with E-state index in [9.17, 15) is 0 Å². The van der Waals surface area contributed by atoms with Crippen LogP contribution < -0.4 is 5.32 Å². The van der Waals surface area contributed by atoms with E-state index in [1.807, 2.05) is 19.2 Å². The van der Waals surface area contributed by atoms with Gasteiger partial charge in [0.2, 0.25) is 0 Å². The van der Waals surface area contributed by atoms with Gasteiger partial charge in [-0.25, -0.2) is 0 Å². The first-order valence-electron chi connectivity index (χ1n) is 5.39. The average molecular weight is 358 g/mol. The molecule has 2 rings (SSSR count). The minimum absolute atomic E-state index is 0.209. The highest BCUT2D eigenvalue weighted by Gasteiger charge is 2.13. The van der Waals surface area contributed by atoms with Crippen molar-refractivity contribution in [2.24, 2.45) is 0 Å². The lowest BCUT2D eigenvalue weighted by Gasteiger charge is -2.18. The van der Waals surface area contributed by atoms with Crippen LogP contribution in [0.3, 0.4) is 0 Å². The van der Waals surface area contributed by atoms with E-state index in [1.165, 1.54) is 14.7 Å². The molecule has 2 aromatic carbocycles. The molecule has 0 aliphatic carbocycles. The second-order valence-corrected chi connectivity index (χ2v) is 5.39. The summed E-state index contributed by atoms with van der Waals surface area (Å²) < 4.78 is 1.26. The third-order valence-corrected chi connectivity index (χ3v) is 3.94. The molecule has 1 nitrogen and oxygen atoms in total. The molecule has 1 unspecified atom stereocenters. The molecule has 0 aliphatic rings. The predicted molar refractivity (Wildman–Crippen MR) is 81.5 cm³/mol. The van der Waals surface area contributed by atoms with Gasteiger partial charge in [-0.1, -0.05) is 41.9 Å². The number of hydrogen-bond donors (Lipinski definition) is 1. The zero-order chi connectivity index (χ0) is 12.3. The van der Waals surface area contributed by atoms with Gasteiger partial charge in [0.1, 0.15) is 0 Å². The summed E-state index contributed by atoms with van der Waals surface area (Å²) in [5.41, 5.74) is 2.51. The standard InChI is InChI=1S/C14H13ClIN/c1-17-14(10-6-8-11(15)9-7-10)12-4-2-3-5-13(12)16/h2-9,14,17H,1H3. The molecular weight excluding hydrogens is 345 g/mol. The van der Waals surface area contributed by atoms with E-state index >= 15 is 0 Å². The molecule has 2 aromatic rings. The van der Waals surface area contributed by atoms with E-state index < -0.39 is 0 Å². The zero-order valence-electron chi connectivity index (χ0n) is 9.45. The normalized spacial score (nSPS) is 12.4.